The molecule has 1 atom stereocenters. The first-order valence-electron chi connectivity index (χ1n) is 9.15. The second-order valence-electron chi connectivity index (χ2n) is 6.43. The molecule has 0 saturated carbocycles. The zero-order chi connectivity index (χ0) is 20.2. The number of carbonyl (C=O) groups excluding carboxylic acids is 2. The first-order chi connectivity index (χ1) is 14.2. The van der Waals surface area contributed by atoms with Crippen molar-refractivity contribution in [1.82, 2.24) is 5.06 Å². The first-order valence-corrected chi connectivity index (χ1v) is 9.15. The average molecular weight is 385 g/mol. The number of nitrogens with one attached hydrogen (secondary N) is 1. The highest BCUT2D eigenvalue weighted by Gasteiger charge is 2.34. The maximum absolute atomic E-state index is 13.0. The summed E-state index contributed by atoms with van der Waals surface area (Å²) in [5.74, 6) is -0.898. The number of hydroxylamine groups is 2. The Balaban J connectivity index is 1.82. The molecule has 2 amide bonds. The molecular weight excluding hydrogens is 366 g/mol. The van der Waals surface area contributed by atoms with Gasteiger partial charge >= 0.3 is 0 Å². The zero-order valence-corrected chi connectivity index (χ0v) is 15.8. The Hall–Kier alpha value is -3.77. The summed E-state index contributed by atoms with van der Waals surface area (Å²) in [6, 6.07) is 25.6. The number of benzodiazepines with no additional fused rings is 1. The lowest BCUT2D eigenvalue weighted by atomic mass is 10.0. The van der Waals surface area contributed by atoms with Crippen molar-refractivity contribution in [2.45, 2.75) is 6.17 Å². The van der Waals surface area contributed by atoms with E-state index in [-0.39, 0.29) is 0 Å². The van der Waals surface area contributed by atoms with Crippen molar-refractivity contribution in [3.63, 3.8) is 0 Å². The van der Waals surface area contributed by atoms with Gasteiger partial charge in [-0.2, -0.15) is 5.06 Å². The van der Waals surface area contributed by atoms with Gasteiger partial charge in [-0.05, 0) is 18.2 Å². The SMILES string of the molecule is CON(C(=O)c1ccccc1)C1N=C(c2ccccc2)c2ccccc2NC1=O. The van der Waals surface area contributed by atoms with Gasteiger partial charge in [0.1, 0.15) is 0 Å². The fourth-order valence-corrected chi connectivity index (χ4v) is 3.23. The van der Waals surface area contributed by atoms with Crippen LogP contribution in [0.2, 0.25) is 0 Å². The highest BCUT2D eigenvalue weighted by molar-refractivity contribution is 6.19. The van der Waals surface area contributed by atoms with E-state index in [9.17, 15) is 9.59 Å². The minimum atomic E-state index is -1.18. The maximum Gasteiger partial charge on any atom is 0.279 e. The maximum atomic E-state index is 13.0. The number of aliphatic imine (C=N–C) groups is 1. The lowest BCUT2D eigenvalue weighted by Gasteiger charge is -2.25. The Morgan fingerprint density at radius 3 is 2.24 bits per heavy atom. The Morgan fingerprint density at radius 2 is 1.55 bits per heavy atom. The molecule has 0 bridgehead atoms. The molecule has 3 aromatic rings. The summed E-state index contributed by atoms with van der Waals surface area (Å²) in [4.78, 5) is 36.0. The molecule has 1 N–H and O–H groups in total. The van der Waals surface area contributed by atoms with E-state index in [0.29, 0.717) is 17.0 Å². The summed E-state index contributed by atoms with van der Waals surface area (Å²) >= 11 is 0. The number of nitrogens with zero attached hydrogens (tertiary/aromatic N) is 2. The third-order valence-corrected chi connectivity index (χ3v) is 4.61. The second kappa shape index (κ2) is 8.08. The van der Waals surface area contributed by atoms with Crippen molar-refractivity contribution in [3.05, 3.63) is 102 Å². The molecule has 1 heterocycles. The van der Waals surface area contributed by atoms with Crippen LogP contribution in [0.4, 0.5) is 5.69 Å². The molecule has 3 aromatic carbocycles. The third kappa shape index (κ3) is 3.66. The fraction of sp³-hybridized carbons (Fsp3) is 0.0870. The van der Waals surface area contributed by atoms with Gasteiger partial charge in [0.05, 0.1) is 18.5 Å². The Kier molecular flexibility index (Phi) is 5.18. The number of hydrogen-bond acceptors (Lipinski definition) is 4. The van der Waals surface area contributed by atoms with Crippen molar-refractivity contribution in [2.24, 2.45) is 4.99 Å². The van der Waals surface area contributed by atoms with E-state index >= 15 is 0 Å². The van der Waals surface area contributed by atoms with E-state index in [1.54, 1.807) is 24.3 Å². The summed E-state index contributed by atoms with van der Waals surface area (Å²) in [6.45, 7) is 0. The van der Waals surface area contributed by atoms with Gasteiger partial charge in [-0.3, -0.25) is 14.4 Å². The van der Waals surface area contributed by atoms with Crippen LogP contribution in [0, 0.1) is 0 Å². The number of hydrogen-bond donors (Lipinski definition) is 1. The third-order valence-electron chi connectivity index (χ3n) is 4.61. The van der Waals surface area contributed by atoms with E-state index in [1.165, 1.54) is 7.11 Å². The van der Waals surface area contributed by atoms with Gasteiger partial charge in [0, 0.05) is 16.7 Å². The van der Waals surface area contributed by atoms with Gasteiger partial charge in [-0.15, -0.1) is 0 Å². The normalized spacial score (nSPS) is 15.6. The van der Waals surface area contributed by atoms with Crippen LogP contribution in [0.25, 0.3) is 0 Å². The molecule has 0 aliphatic carbocycles. The number of fused-ring (bicyclic) bond motifs is 1. The minimum Gasteiger partial charge on any atom is -0.322 e. The molecule has 4 rings (SSSR count). The van der Waals surface area contributed by atoms with E-state index in [4.69, 9.17) is 4.84 Å². The minimum absolute atomic E-state index is 0.403. The molecule has 0 saturated heterocycles. The summed E-state index contributed by atoms with van der Waals surface area (Å²) in [5.41, 5.74) is 3.25. The Morgan fingerprint density at radius 1 is 0.931 bits per heavy atom. The van der Waals surface area contributed by atoms with Crippen molar-refractivity contribution < 1.29 is 14.4 Å². The molecular formula is C23H19N3O3. The Bertz CT molecular complexity index is 1060. The molecule has 29 heavy (non-hydrogen) atoms. The van der Waals surface area contributed by atoms with Crippen molar-refractivity contribution in [1.29, 1.82) is 0 Å². The number of benzene rings is 3. The van der Waals surface area contributed by atoms with Crippen LogP contribution in [0.5, 0.6) is 0 Å². The lowest BCUT2D eigenvalue weighted by Crippen LogP contribution is -2.45. The predicted octanol–water partition coefficient (Wildman–Crippen LogP) is 3.51. The molecule has 0 radical (unpaired) electrons. The van der Waals surface area contributed by atoms with E-state index in [1.807, 2.05) is 60.7 Å². The molecule has 0 spiro atoms. The van der Waals surface area contributed by atoms with Crippen LogP contribution >= 0.6 is 0 Å². The zero-order valence-electron chi connectivity index (χ0n) is 15.8. The van der Waals surface area contributed by atoms with Crippen molar-refractivity contribution in [3.8, 4) is 0 Å². The lowest BCUT2D eigenvalue weighted by molar-refractivity contribution is -0.146. The summed E-state index contributed by atoms with van der Waals surface area (Å²) < 4.78 is 0. The van der Waals surface area contributed by atoms with E-state index < -0.39 is 18.0 Å². The topological polar surface area (TPSA) is 71.0 Å². The van der Waals surface area contributed by atoms with E-state index in [0.717, 1.165) is 16.2 Å². The number of rotatable bonds is 4. The number of amides is 2. The van der Waals surface area contributed by atoms with Gasteiger partial charge in [0.25, 0.3) is 11.8 Å². The van der Waals surface area contributed by atoms with Gasteiger partial charge < -0.3 is 5.32 Å². The predicted molar refractivity (Wildman–Crippen MR) is 111 cm³/mol. The molecule has 1 aliphatic heterocycles. The van der Waals surface area contributed by atoms with Crippen molar-refractivity contribution in [2.75, 3.05) is 12.4 Å². The summed E-state index contributed by atoms with van der Waals surface area (Å²) in [6.07, 6.45) is -1.18. The molecule has 6 nitrogen and oxygen atoms in total. The number of para-hydroxylation sites is 1. The quantitative estimate of drug-likeness (QED) is 0.699. The van der Waals surface area contributed by atoms with Crippen molar-refractivity contribution >= 4 is 23.2 Å². The van der Waals surface area contributed by atoms with Crippen LogP contribution in [-0.2, 0) is 9.63 Å². The fourth-order valence-electron chi connectivity index (χ4n) is 3.23. The summed E-state index contributed by atoms with van der Waals surface area (Å²) in [7, 11) is 1.35. The average Bonchev–Trinajstić information content (AvgIpc) is 2.92. The van der Waals surface area contributed by atoms with Crippen LogP contribution in [-0.4, -0.2) is 35.9 Å². The molecule has 1 unspecified atom stereocenters. The summed E-state index contributed by atoms with van der Waals surface area (Å²) in [5, 5.41) is 3.87. The van der Waals surface area contributed by atoms with Gasteiger partial charge in [-0.1, -0.05) is 66.7 Å². The van der Waals surface area contributed by atoms with Gasteiger partial charge in [0.2, 0.25) is 6.17 Å². The number of carbonyl (C=O) groups is 2. The highest BCUT2D eigenvalue weighted by Crippen LogP contribution is 2.25. The molecule has 0 aromatic heterocycles. The Labute approximate surface area is 168 Å². The standard InChI is InChI=1S/C23H19N3O3/c1-29-26(23(28)17-12-6-3-7-13-17)21-22(27)24-19-15-9-8-14-18(19)20(25-21)16-10-4-2-5-11-16/h2-15,21H,1H3,(H,24,27). The molecule has 144 valence electrons. The van der Waals surface area contributed by atoms with Crippen LogP contribution < -0.4 is 5.32 Å². The van der Waals surface area contributed by atoms with Crippen LogP contribution in [0.15, 0.2) is 89.9 Å². The molecule has 6 heteroatoms. The van der Waals surface area contributed by atoms with Gasteiger partial charge in [-0.25, -0.2) is 4.99 Å². The van der Waals surface area contributed by atoms with E-state index in [2.05, 4.69) is 10.3 Å². The number of anilines is 1. The largest absolute Gasteiger partial charge is 0.322 e. The smallest absolute Gasteiger partial charge is 0.279 e. The first kappa shape index (κ1) is 18.6. The monoisotopic (exact) mass is 385 g/mol. The molecule has 0 fully saturated rings. The van der Waals surface area contributed by atoms with Crippen LogP contribution in [0.1, 0.15) is 21.5 Å². The second-order valence-corrected chi connectivity index (χ2v) is 6.43. The highest BCUT2D eigenvalue weighted by atomic mass is 16.7. The molecule has 1 aliphatic rings. The van der Waals surface area contributed by atoms with Gasteiger partial charge in [0.15, 0.2) is 0 Å². The van der Waals surface area contributed by atoms with Crippen LogP contribution in [0.3, 0.4) is 0 Å².